The lowest BCUT2D eigenvalue weighted by Crippen LogP contribution is -2.32. The Hall–Kier alpha value is -0.610. The summed E-state index contributed by atoms with van der Waals surface area (Å²) in [4.78, 5) is 8.36. The molecular weight excluding hydrogens is 256 g/mol. The lowest BCUT2D eigenvalue weighted by Gasteiger charge is -2.33. The van der Waals surface area contributed by atoms with Crippen LogP contribution in [0.5, 0.6) is 0 Å². The van der Waals surface area contributed by atoms with Crippen LogP contribution < -0.4 is 0 Å². The molecule has 0 radical (unpaired) electrons. The van der Waals surface area contributed by atoms with E-state index in [1.165, 1.54) is 51.4 Å². The van der Waals surface area contributed by atoms with E-state index in [9.17, 15) is 0 Å². The van der Waals surface area contributed by atoms with Crippen LogP contribution in [0, 0.1) is 17.3 Å². The first kappa shape index (κ1) is 14.3. The Morgan fingerprint density at radius 3 is 2.25 bits per heavy atom. The quantitative estimate of drug-likeness (QED) is 0.621. The highest BCUT2D eigenvalue weighted by Crippen LogP contribution is 2.81. The molecule has 0 aromatic heterocycles. The van der Waals surface area contributed by atoms with E-state index in [4.69, 9.17) is 19.4 Å². The van der Waals surface area contributed by atoms with Gasteiger partial charge in [-0.05, 0) is 24.7 Å². The molecule has 4 aliphatic rings. The van der Waals surface area contributed by atoms with Gasteiger partial charge in [-0.2, -0.15) is 0 Å². The van der Waals surface area contributed by atoms with Crippen molar-refractivity contribution >= 4 is 6.47 Å². The first-order valence-electron chi connectivity index (χ1n) is 7.97. The van der Waals surface area contributed by atoms with Gasteiger partial charge < -0.3 is 14.6 Å². The highest BCUT2D eigenvalue weighted by molar-refractivity contribution is 5.32. The molecule has 1 atom stereocenters. The summed E-state index contributed by atoms with van der Waals surface area (Å²) >= 11 is 0. The Labute approximate surface area is 120 Å². The van der Waals surface area contributed by atoms with Crippen molar-refractivity contribution in [3.63, 3.8) is 0 Å². The standard InChI is InChI=1S/C15H24O2.CH2O2/c1-13(2)9-12(8-11-6-4-3-5-7-11)10-14-15(13,16-14)17-14;2-1-3/h11-12H,3-10H2,1-2H3;1H,(H,2,3). The molecule has 20 heavy (non-hydrogen) atoms. The average molecular weight is 282 g/mol. The van der Waals surface area contributed by atoms with Gasteiger partial charge in [0.15, 0.2) is 0 Å². The zero-order valence-corrected chi connectivity index (χ0v) is 12.6. The van der Waals surface area contributed by atoms with Crippen LogP contribution >= 0.6 is 0 Å². The molecule has 2 heterocycles. The smallest absolute Gasteiger partial charge is 0.290 e. The summed E-state index contributed by atoms with van der Waals surface area (Å²) in [6, 6.07) is 0. The SMILES string of the molecule is CC1(C)CC(CC2CCCCC2)CC23OC12O3.O=CO. The van der Waals surface area contributed by atoms with Gasteiger partial charge >= 0.3 is 0 Å². The van der Waals surface area contributed by atoms with Crippen molar-refractivity contribution in [1.29, 1.82) is 0 Å². The lowest BCUT2D eigenvalue weighted by molar-refractivity contribution is -0.127. The van der Waals surface area contributed by atoms with E-state index in [0.717, 1.165) is 11.8 Å². The van der Waals surface area contributed by atoms with E-state index in [2.05, 4.69) is 13.8 Å². The minimum Gasteiger partial charge on any atom is -0.483 e. The summed E-state index contributed by atoms with van der Waals surface area (Å²) in [6.45, 7) is 4.41. The fourth-order valence-electron chi connectivity index (χ4n) is 4.80. The first-order chi connectivity index (χ1) is 9.49. The zero-order chi connectivity index (χ0) is 14.4. The van der Waals surface area contributed by atoms with E-state index in [1.807, 2.05) is 0 Å². The molecule has 2 aliphatic carbocycles. The highest BCUT2D eigenvalue weighted by atomic mass is 17.0. The number of rotatable bonds is 2. The molecule has 0 bridgehead atoms. The fraction of sp³-hybridized carbons (Fsp3) is 0.938. The maximum absolute atomic E-state index is 8.36. The van der Waals surface area contributed by atoms with Gasteiger partial charge in [0.2, 0.25) is 11.6 Å². The molecule has 0 aromatic rings. The second-order valence-corrected chi connectivity index (χ2v) is 7.58. The summed E-state index contributed by atoms with van der Waals surface area (Å²) in [5, 5.41) is 6.89. The van der Waals surface area contributed by atoms with Gasteiger partial charge in [0.05, 0.1) is 0 Å². The fourth-order valence-corrected chi connectivity index (χ4v) is 4.80. The van der Waals surface area contributed by atoms with Crippen molar-refractivity contribution < 1.29 is 19.4 Å². The van der Waals surface area contributed by atoms with Crippen LogP contribution in [0.2, 0.25) is 0 Å². The van der Waals surface area contributed by atoms with Crippen LogP contribution in [0.15, 0.2) is 0 Å². The van der Waals surface area contributed by atoms with Crippen LogP contribution in [0.3, 0.4) is 0 Å². The number of ether oxygens (including phenoxy) is 2. The molecule has 0 spiro atoms. The van der Waals surface area contributed by atoms with Crippen LogP contribution in [0.25, 0.3) is 0 Å². The van der Waals surface area contributed by atoms with Gasteiger partial charge in [-0.15, -0.1) is 0 Å². The van der Waals surface area contributed by atoms with Crippen molar-refractivity contribution in [2.75, 3.05) is 0 Å². The molecule has 2 saturated carbocycles. The van der Waals surface area contributed by atoms with Gasteiger partial charge in [-0.25, -0.2) is 0 Å². The Balaban J connectivity index is 0.000000373. The van der Waals surface area contributed by atoms with Crippen molar-refractivity contribution in [2.45, 2.75) is 76.8 Å². The molecular formula is C16H26O4. The predicted octanol–water partition coefficient (Wildman–Crippen LogP) is 3.55. The number of hydrogen-bond acceptors (Lipinski definition) is 3. The maximum Gasteiger partial charge on any atom is 0.290 e. The number of epoxide rings is 2. The van der Waals surface area contributed by atoms with E-state index >= 15 is 0 Å². The number of carbonyl (C=O) groups is 1. The monoisotopic (exact) mass is 282 g/mol. The topological polar surface area (TPSA) is 62.4 Å². The molecule has 1 N–H and O–H groups in total. The zero-order valence-electron chi connectivity index (χ0n) is 12.6. The molecule has 4 fully saturated rings. The summed E-state index contributed by atoms with van der Waals surface area (Å²) in [5.74, 6) is 1.59. The van der Waals surface area contributed by atoms with Gasteiger partial charge in [0.1, 0.15) is 0 Å². The van der Waals surface area contributed by atoms with Gasteiger partial charge in [-0.1, -0.05) is 46.0 Å². The molecule has 4 heteroatoms. The molecule has 4 nitrogen and oxygen atoms in total. The second-order valence-electron chi connectivity index (χ2n) is 7.58. The minimum atomic E-state index is -0.250. The second kappa shape index (κ2) is 4.70. The normalized spacial score (nSPS) is 44.4. The van der Waals surface area contributed by atoms with Gasteiger partial charge in [0.25, 0.3) is 6.47 Å². The average Bonchev–Trinajstić information content (AvgIpc) is 3.17. The van der Waals surface area contributed by atoms with Crippen LogP contribution in [0.4, 0.5) is 0 Å². The van der Waals surface area contributed by atoms with Gasteiger partial charge in [0, 0.05) is 11.8 Å². The van der Waals surface area contributed by atoms with E-state index in [-0.39, 0.29) is 23.5 Å². The molecule has 114 valence electrons. The first-order valence-corrected chi connectivity index (χ1v) is 7.97. The molecule has 2 aliphatic heterocycles. The largest absolute Gasteiger partial charge is 0.483 e. The molecule has 1 unspecified atom stereocenters. The number of hydrogen-bond donors (Lipinski definition) is 1. The summed E-state index contributed by atoms with van der Waals surface area (Å²) in [5.41, 5.74) is 0.241. The van der Waals surface area contributed by atoms with Crippen molar-refractivity contribution in [2.24, 2.45) is 17.3 Å². The predicted molar refractivity (Wildman–Crippen MR) is 74.0 cm³/mol. The highest BCUT2D eigenvalue weighted by Gasteiger charge is 2.96. The van der Waals surface area contributed by atoms with Crippen LogP contribution in [0.1, 0.15) is 65.2 Å². The Morgan fingerprint density at radius 2 is 1.70 bits per heavy atom. The third kappa shape index (κ3) is 2.08. The molecule has 0 amide bonds. The summed E-state index contributed by atoms with van der Waals surface area (Å²) in [6.07, 6.45) is 11.2. The summed E-state index contributed by atoms with van der Waals surface area (Å²) < 4.78 is 11.7. The Morgan fingerprint density at radius 1 is 1.10 bits per heavy atom. The van der Waals surface area contributed by atoms with Crippen molar-refractivity contribution in [3.05, 3.63) is 0 Å². The molecule has 2 saturated heterocycles. The number of carboxylic acid groups (broad SMARTS) is 1. The minimum absolute atomic E-state index is 0.103. The van der Waals surface area contributed by atoms with Crippen LogP contribution in [-0.2, 0) is 14.3 Å². The van der Waals surface area contributed by atoms with Crippen molar-refractivity contribution in [1.82, 2.24) is 0 Å². The van der Waals surface area contributed by atoms with Gasteiger partial charge in [-0.3, -0.25) is 4.79 Å². The van der Waals surface area contributed by atoms with E-state index in [0.29, 0.717) is 0 Å². The Kier molecular flexibility index (Phi) is 3.37. The lowest BCUT2D eigenvalue weighted by atomic mass is 9.68. The van der Waals surface area contributed by atoms with E-state index < -0.39 is 0 Å². The molecule has 4 rings (SSSR count). The maximum atomic E-state index is 8.36. The van der Waals surface area contributed by atoms with Crippen LogP contribution in [-0.4, -0.2) is 23.2 Å². The summed E-state index contributed by atoms with van der Waals surface area (Å²) in [7, 11) is 0. The third-order valence-corrected chi connectivity index (χ3v) is 5.67. The Bertz CT molecular complexity index is 378. The van der Waals surface area contributed by atoms with E-state index in [1.54, 1.807) is 0 Å². The third-order valence-electron chi connectivity index (χ3n) is 5.67. The molecule has 0 aromatic carbocycles. The van der Waals surface area contributed by atoms with Crippen molar-refractivity contribution in [3.8, 4) is 0 Å².